The Morgan fingerprint density at radius 1 is 1.11 bits per heavy atom. The number of hydrazone groups is 1. The molecule has 1 atom stereocenters. The Kier molecular flexibility index (Phi) is 6.21. The first kappa shape index (κ1) is 23.3. The number of carbonyl (C=O) groups excluding carboxylic acids is 1. The number of hydrogen-bond donors (Lipinski definition) is 1. The minimum absolute atomic E-state index is 0.208. The normalized spacial score (nSPS) is 15.4. The number of carbonyl (C=O) groups is 1. The number of rotatable bonds is 4. The van der Waals surface area contributed by atoms with Crippen LogP contribution in [0.25, 0.3) is 22.0 Å². The van der Waals surface area contributed by atoms with Gasteiger partial charge in [-0.05, 0) is 42.0 Å². The fourth-order valence-corrected chi connectivity index (χ4v) is 5.11. The molecule has 0 saturated heterocycles. The topological polar surface area (TPSA) is 74.8 Å². The van der Waals surface area contributed by atoms with E-state index < -0.39 is 0 Å². The van der Waals surface area contributed by atoms with Crippen molar-refractivity contribution < 1.29 is 9.53 Å². The molecule has 2 heterocycles. The number of nitrogens with zero attached hydrogens (tertiary/aromatic N) is 2. The largest absolute Gasteiger partial charge is 0.497 e. The number of aromatic amines is 1. The van der Waals surface area contributed by atoms with E-state index in [4.69, 9.17) is 16.3 Å². The lowest BCUT2D eigenvalue weighted by Gasteiger charge is -2.20. The van der Waals surface area contributed by atoms with E-state index in [2.05, 4.69) is 26.0 Å². The molecule has 0 radical (unpaired) electrons. The van der Waals surface area contributed by atoms with Crippen LogP contribution in [0, 0.1) is 0 Å². The first-order valence-corrected chi connectivity index (χ1v) is 12.2. The van der Waals surface area contributed by atoms with Crippen LogP contribution in [0.2, 0.25) is 5.02 Å². The number of nitrogens with one attached hydrogen (secondary N) is 1. The molecule has 0 spiro atoms. The smallest absolute Gasteiger partial charge is 0.258 e. The van der Waals surface area contributed by atoms with E-state index in [0.29, 0.717) is 33.8 Å². The Balaban J connectivity index is 1.73. The predicted octanol–water partition coefficient (Wildman–Crippen LogP) is 6.32. The number of pyridine rings is 1. The second kappa shape index (κ2) is 9.32. The molecule has 1 aliphatic heterocycles. The molecule has 1 amide bonds. The Morgan fingerprint density at radius 2 is 1.86 bits per heavy atom. The van der Waals surface area contributed by atoms with Crippen LogP contribution in [0.3, 0.4) is 0 Å². The van der Waals surface area contributed by atoms with E-state index in [1.54, 1.807) is 13.2 Å². The van der Waals surface area contributed by atoms with E-state index in [9.17, 15) is 9.59 Å². The monoisotopic (exact) mass is 549 g/mol. The SMILES string of the molecule is COc1ccc([C@H]2CC(c3c(-c4ccccc4Cl)c4cc(Br)ccc4[nH]c3=O)=NN2C(C)=O)cc1. The minimum Gasteiger partial charge on any atom is -0.497 e. The number of aromatic nitrogens is 1. The van der Waals surface area contributed by atoms with Crippen LogP contribution < -0.4 is 10.3 Å². The van der Waals surface area contributed by atoms with E-state index in [0.717, 1.165) is 26.7 Å². The van der Waals surface area contributed by atoms with E-state index in [1.807, 2.05) is 60.7 Å². The molecule has 8 heteroatoms. The average molecular weight is 551 g/mol. The molecule has 0 aliphatic carbocycles. The molecule has 5 rings (SSSR count). The zero-order chi connectivity index (χ0) is 24.7. The summed E-state index contributed by atoms with van der Waals surface area (Å²) < 4.78 is 6.13. The van der Waals surface area contributed by atoms with E-state index in [-0.39, 0.29) is 17.5 Å². The molecule has 1 N–H and O–H groups in total. The van der Waals surface area contributed by atoms with Gasteiger partial charge in [0.25, 0.3) is 5.56 Å². The Hall–Kier alpha value is -3.42. The lowest BCUT2D eigenvalue weighted by atomic mass is 9.91. The van der Waals surface area contributed by atoms with Crippen molar-refractivity contribution in [1.29, 1.82) is 0 Å². The summed E-state index contributed by atoms with van der Waals surface area (Å²) in [5, 5.41) is 7.45. The second-order valence-corrected chi connectivity index (χ2v) is 9.60. The molecule has 1 aromatic heterocycles. The summed E-state index contributed by atoms with van der Waals surface area (Å²) in [5.41, 5.74) is 3.65. The van der Waals surface area contributed by atoms with Gasteiger partial charge in [-0.2, -0.15) is 5.10 Å². The highest BCUT2D eigenvalue weighted by atomic mass is 79.9. The van der Waals surface area contributed by atoms with Crippen LogP contribution in [-0.2, 0) is 4.79 Å². The maximum atomic E-state index is 13.5. The first-order valence-electron chi connectivity index (χ1n) is 11.0. The number of methoxy groups -OCH3 is 1. The number of hydrogen-bond acceptors (Lipinski definition) is 4. The lowest BCUT2D eigenvalue weighted by molar-refractivity contribution is -0.130. The van der Waals surface area contributed by atoms with Crippen LogP contribution in [0.4, 0.5) is 0 Å². The summed E-state index contributed by atoms with van der Waals surface area (Å²) in [6, 6.07) is 20.3. The van der Waals surface area contributed by atoms with E-state index >= 15 is 0 Å². The highest BCUT2D eigenvalue weighted by Gasteiger charge is 2.34. The van der Waals surface area contributed by atoms with Crippen molar-refractivity contribution >= 4 is 50.1 Å². The number of benzene rings is 3. The number of halogens is 2. The van der Waals surface area contributed by atoms with Gasteiger partial charge in [-0.1, -0.05) is 57.9 Å². The Morgan fingerprint density at radius 3 is 2.54 bits per heavy atom. The summed E-state index contributed by atoms with van der Waals surface area (Å²) >= 11 is 10.2. The van der Waals surface area contributed by atoms with Crippen LogP contribution in [0.1, 0.15) is 30.5 Å². The summed E-state index contributed by atoms with van der Waals surface area (Å²) in [6.45, 7) is 1.47. The van der Waals surface area contributed by atoms with Crippen molar-refractivity contribution in [1.82, 2.24) is 9.99 Å². The highest BCUT2D eigenvalue weighted by molar-refractivity contribution is 9.10. The predicted molar refractivity (Wildman–Crippen MR) is 142 cm³/mol. The van der Waals surface area contributed by atoms with Gasteiger partial charge in [0.15, 0.2) is 0 Å². The van der Waals surface area contributed by atoms with Crippen LogP contribution >= 0.6 is 27.5 Å². The molecule has 176 valence electrons. The van der Waals surface area contributed by atoms with Gasteiger partial charge in [0, 0.05) is 44.9 Å². The minimum atomic E-state index is -0.342. The zero-order valence-corrected chi connectivity index (χ0v) is 21.4. The fourth-order valence-electron chi connectivity index (χ4n) is 4.52. The molecular formula is C27H21BrClN3O3. The van der Waals surface area contributed by atoms with Crippen LogP contribution in [0.5, 0.6) is 5.75 Å². The van der Waals surface area contributed by atoms with Crippen LogP contribution in [-0.4, -0.2) is 28.7 Å². The maximum Gasteiger partial charge on any atom is 0.258 e. The van der Waals surface area contributed by atoms with Gasteiger partial charge < -0.3 is 9.72 Å². The van der Waals surface area contributed by atoms with Crippen LogP contribution in [0.15, 0.2) is 81.1 Å². The zero-order valence-electron chi connectivity index (χ0n) is 19.0. The number of H-pyrrole nitrogens is 1. The molecule has 3 aromatic carbocycles. The van der Waals surface area contributed by atoms with Gasteiger partial charge >= 0.3 is 0 Å². The molecule has 0 bridgehead atoms. The van der Waals surface area contributed by atoms with Gasteiger partial charge in [-0.15, -0.1) is 0 Å². The van der Waals surface area contributed by atoms with Gasteiger partial charge in [0.05, 0.1) is 24.4 Å². The lowest BCUT2D eigenvalue weighted by Crippen LogP contribution is -2.24. The summed E-state index contributed by atoms with van der Waals surface area (Å²) in [7, 11) is 1.61. The molecular weight excluding hydrogens is 530 g/mol. The first-order chi connectivity index (χ1) is 16.9. The van der Waals surface area contributed by atoms with Crippen molar-refractivity contribution in [2.24, 2.45) is 5.10 Å². The number of ether oxygens (including phenoxy) is 1. The quantitative estimate of drug-likeness (QED) is 0.323. The molecule has 6 nitrogen and oxygen atoms in total. The maximum absolute atomic E-state index is 13.5. The molecule has 0 fully saturated rings. The summed E-state index contributed by atoms with van der Waals surface area (Å²) in [6.07, 6.45) is 0.381. The summed E-state index contributed by atoms with van der Waals surface area (Å²) in [4.78, 5) is 29.0. The summed E-state index contributed by atoms with van der Waals surface area (Å²) in [5.74, 6) is 0.514. The Labute approximate surface area is 215 Å². The van der Waals surface area contributed by atoms with E-state index in [1.165, 1.54) is 11.9 Å². The third-order valence-corrected chi connectivity index (χ3v) is 6.96. The molecule has 1 aliphatic rings. The third kappa shape index (κ3) is 4.26. The van der Waals surface area contributed by atoms with Crippen molar-refractivity contribution in [3.05, 3.63) is 97.7 Å². The molecule has 35 heavy (non-hydrogen) atoms. The number of amides is 1. The van der Waals surface area contributed by atoms with Gasteiger partial charge in [-0.25, -0.2) is 5.01 Å². The van der Waals surface area contributed by atoms with Gasteiger partial charge in [0.2, 0.25) is 5.91 Å². The standard InChI is InChI=1S/C27H21BrClN3O3/c1-15(33)32-24(16-7-10-18(35-2)11-8-16)14-23(31-32)26-25(19-5-3-4-6-21(19)29)20-13-17(28)9-12-22(20)30-27(26)34/h3-13,24H,14H2,1-2H3,(H,30,34)/t24-/m1/s1. The molecule has 0 unspecified atom stereocenters. The Bertz CT molecular complexity index is 1550. The van der Waals surface area contributed by atoms with Gasteiger partial charge in [-0.3, -0.25) is 9.59 Å². The number of fused-ring (bicyclic) bond motifs is 1. The second-order valence-electron chi connectivity index (χ2n) is 8.28. The van der Waals surface area contributed by atoms with Crippen molar-refractivity contribution in [3.63, 3.8) is 0 Å². The molecule has 4 aromatic rings. The average Bonchev–Trinajstić information content (AvgIpc) is 3.29. The molecule has 0 saturated carbocycles. The van der Waals surface area contributed by atoms with Crippen molar-refractivity contribution in [2.45, 2.75) is 19.4 Å². The fraction of sp³-hybridized carbons (Fsp3) is 0.148. The van der Waals surface area contributed by atoms with Crippen molar-refractivity contribution in [3.8, 4) is 16.9 Å². The van der Waals surface area contributed by atoms with Crippen molar-refractivity contribution in [2.75, 3.05) is 7.11 Å². The highest BCUT2D eigenvalue weighted by Crippen LogP contribution is 2.39. The third-order valence-electron chi connectivity index (χ3n) is 6.14. The van der Waals surface area contributed by atoms with Gasteiger partial charge in [0.1, 0.15) is 5.75 Å².